The summed E-state index contributed by atoms with van der Waals surface area (Å²) in [6.45, 7) is 2.62. The fourth-order valence-corrected chi connectivity index (χ4v) is 2.18. The molecule has 0 saturated heterocycles. The molecular weight excluding hydrogens is 313 g/mol. The summed E-state index contributed by atoms with van der Waals surface area (Å²) in [7, 11) is 4.21. The third-order valence-electron chi connectivity index (χ3n) is 3.95. The first kappa shape index (κ1) is 19.5. The van der Waals surface area contributed by atoms with Gasteiger partial charge in [0, 0.05) is 6.04 Å². The van der Waals surface area contributed by atoms with E-state index in [1.165, 1.54) is 17.7 Å². The molecule has 0 spiro atoms. The van der Waals surface area contributed by atoms with Crippen LogP contribution in [0, 0.1) is 5.82 Å². The van der Waals surface area contributed by atoms with Crippen LogP contribution in [-0.4, -0.2) is 25.0 Å². The van der Waals surface area contributed by atoms with Crippen LogP contribution in [0.4, 0.5) is 4.39 Å². The highest BCUT2D eigenvalue weighted by Crippen LogP contribution is 2.16. The maximum Gasteiger partial charge on any atom is 0.123 e. The van der Waals surface area contributed by atoms with Gasteiger partial charge >= 0.3 is 0 Å². The van der Waals surface area contributed by atoms with Crippen LogP contribution >= 0.6 is 12.4 Å². The fourth-order valence-electron chi connectivity index (χ4n) is 2.18. The number of hydrogen-bond acceptors (Lipinski definition) is 2. The molecule has 2 rings (SSSR count). The quantitative estimate of drug-likeness (QED) is 0.725. The predicted molar refractivity (Wildman–Crippen MR) is 95.9 cm³/mol. The van der Waals surface area contributed by atoms with Crippen LogP contribution in [0.2, 0.25) is 0 Å². The van der Waals surface area contributed by atoms with Crippen molar-refractivity contribution < 1.29 is 9.13 Å². The first-order valence-electron chi connectivity index (χ1n) is 7.67. The first-order chi connectivity index (χ1) is 10.5. The van der Waals surface area contributed by atoms with E-state index in [1.54, 1.807) is 6.07 Å². The molecule has 23 heavy (non-hydrogen) atoms. The molecule has 0 aliphatic rings. The second-order valence-corrected chi connectivity index (χ2v) is 5.91. The molecular formula is C19H25ClFNO. The molecule has 1 atom stereocenters. The second-order valence-electron chi connectivity index (χ2n) is 5.91. The fraction of sp³-hybridized carbons (Fsp3) is 0.368. The molecule has 1 unspecified atom stereocenters. The monoisotopic (exact) mass is 337 g/mol. The number of halogens is 2. The van der Waals surface area contributed by atoms with Gasteiger partial charge in [-0.25, -0.2) is 4.39 Å². The van der Waals surface area contributed by atoms with E-state index in [0.717, 1.165) is 24.2 Å². The summed E-state index contributed by atoms with van der Waals surface area (Å²) in [5, 5.41) is 0. The molecule has 2 aromatic rings. The van der Waals surface area contributed by atoms with Gasteiger partial charge < -0.3 is 9.64 Å². The molecule has 0 fully saturated rings. The van der Waals surface area contributed by atoms with Gasteiger partial charge in [0.2, 0.25) is 0 Å². The van der Waals surface area contributed by atoms with Crippen molar-refractivity contribution in [1.82, 2.24) is 4.90 Å². The Morgan fingerprint density at radius 2 is 1.74 bits per heavy atom. The van der Waals surface area contributed by atoms with Gasteiger partial charge in [0.15, 0.2) is 0 Å². The lowest BCUT2D eigenvalue weighted by molar-refractivity contribution is 0.298. The van der Waals surface area contributed by atoms with Crippen molar-refractivity contribution in [3.63, 3.8) is 0 Å². The van der Waals surface area contributed by atoms with Crippen molar-refractivity contribution in [2.45, 2.75) is 32.4 Å². The smallest absolute Gasteiger partial charge is 0.123 e. The van der Waals surface area contributed by atoms with Gasteiger partial charge in [-0.15, -0.1) is 12.4 Å². The Morgan fingerprint density at radius 3 is 2.35 bits per heavy atom. The minimum absolute atomic E-state index is 0. The third-order valence-corrected chi connectivity index (χ3v) is 3.95. The Kier molecular flexibility index (Phi) is 8.07. The number of ether oxygens (including phenoxy) is 1. The molecule has 2 aromatic carbocycles. The van der Waals surface area contributed by atoms with Gasteiger partial charge in [0.25, 0.3) is 0 Å². The summed E-state index contributed by atoms with van der Waals surface area (Å²) in [5.74, 6) is 0.583. The third kappa shape index (κ3) is 6.59. The van der Waals surface area contributed by atoms with Gasteiger partial charge in [-0.05, 0) is 69.3 Å². The van der Waals surface area contributed by atoms with Crippen molar-refractivity contribution >= 4 is 12.4 Å². The number of hydrogen-bond donors (Lipinski definition) is 0. The van der Waals surface area contributed by atoms with Crippen molar-refractivity contribution in [2.75, 3.05) is 14.1 Å². The molecule has 0 aliphatic heterocycles. The summed E-state index contributed by atoms with van der Waals surface area (Å²) in [6, 6.07) is 15.2. The highest BCUT2D eigenvalue weighted by molar-refractivity contribution is 5.85. The highest BCUT2D eigenvalue weighted by atomic mass is 35.5. The van der Waals surface area contributed by atoms with E-state index in [4.69, 9.17) is 4.74 Å². The van der Waals surface area contributed by atoms with E-state index in [0.29, 0.717) is 12.6 Å². The molecule has 0 heterocycles. The van der Waals surface area contributed by atoms with Crippen LogP contribution in [0.3, 0.4) is 0 Å². The van der Waals surface area contributed by atoms with Gasteiger partial charge in [0.1, 0.15) is 18.2 Å². The minimum atomic E-state index is -0.230. The largest absolute Gasteiger partial charge is 0.489 e. The van der Waals surface area contributed by atoms with E-state index in [9.17, 15) is 4.39 Å². The molecule has 126 valence electrons. The van der Waals surface area contributed by atoms with Crippen LogP contribution in [0.1, 0.15) is 24.5 Å². The van der Waals surface area contributed by atoms with Crippen LogP contribution < -0.4 is 4.74 Å². The van der Waals surface area contributed by atoms with E-state index >= 15 is 0 Å². The molecule has 2 nitrogen and oxygen atoms in total. The van der Waals surface area contributed by atoms with Crippen molar-refractivity contribution in [3.05, 3.63) is 65.5 Å². The van der Waals surface area contributed by atoms with Crippen molar-refractivity contribution in [3.8, 4) is 5.75 Å². The van der Waals surface area contributed by atoms with Crippen molar-refractivity contribution in [2.24, 2.45) is 0 Å². The van der Waals surface area contributed by atoms with E-state index < -0.39 is 0 Å². The zero-order valence-corrected chi connectivity index (χ0v) is 14.8. The van der Waals surface area contributed by atoms with E-state index in [-0.39, 0.29) is 18.2 Å². The van der Waals surface area contributed by atoms with Crippen LogP contribution in [-0.2, 0) is 13.0 Å². The maximum absolute atomic E-state index is 13.1. The Bertz CT molecular complexity index is 586. The number of benzene rings is 2. The normalized spacial score (nSPS) is 11.9. The molecule has 4 heteroatoms. The van der Waals surface area contributed by atoms with Gasteiger partial charge in [-0.3, -0.25) is 0 Å². The molecule has 0 saturated carbocycles. The van der Waals surface area contributed by atoms with Gasteiger partial charge in [-0.1, -0.05) is 24.3 Å². The molecule has 0 aromatic heterocycles. The van der Waals surface area contributed by atoms with Crippen LogP contribution in [0.15, 0.2) is 48.5 Å². The van der Waals surface area contributed by atoms with Gasteiger partial charge in [0.05, 0.1) is 0 Å². The standard InChI is InChI=1S/C19H24FNO.ClH/c1-15(21(2)3)7-8-16-9-11-19(12-10-16)22-14-17-5-4-6-18(20)13-17;/h4-6,9-13,15H,7-8,14H2,1-3H3;1H. The average Bonchev–Trinajstić information content (AvgIpc) is 2.51. The Balaban J connectivity index is 0.00000264. The maximum atomic E-state index is 13.1. The molecule has 0 amide bonds. The average molecular weight is 338 g/mol. The summed E-state index contributed by atoms with van der Waals surface area (Å²) >= 11 is 0. The van der Waals surface area contributed by atoms with Crippen molar-refractivity contribution in [1.29, 1.82) is 0 Å². The Hall–Kier alpha value is -1.58. The minimum Gasteiger partial charge on any atom is -0.489 e. The Morgan fingerprint density at radius 1 is 1.04 bits per heavy atom. The lowest BCUT2D eigenvalue weighted by atomic mass is 10.1. The molecule has 0 N–H and O–H groups in total. The summed E-state index contributed by atoms with van der Waals surface area (Å²) in [4.78, 5) is 2.23. The SMILES string of the molecule is CC(CCc1ccc(OCc2cccc(F)c2)cc1)N(C)C.Cl. The van der Waals surface area contributed by atoms with Crippen LogP contribution in [0.5, 0.6) is 5.75 Å². The highest BCUT2D eigenvalue weighted by Gasteiger charge is 2.05. The number of rotatable bonds is 7. The topological polar surface area (TPSA) is 12.5 Å². The Labute approximate surface area is 144 Å². The molecule has 0 bridgehead atoms. The number of nitrogens with zero attached hydrogens (tertiary/aromatic N) is 1. The molecule has 0 radical (unpaired) electrons. The predicted octanol–water partition coefficient (Wildman–Crippen LogP) is 4.71. The summed E-state index contributed by atoms with van der Waals surface area (Å²) in [5.41, 5.74) is 2.15. The van der Waals surface area contributed by atoms with Gasteiger partial charge in [-0.2, -0.15) is 0 Å². The van der Waals surface area contributed by atoms with E-state index in [2.05, 4.69) is 38.1 Å². The van der Waals surface area contributed by atoms with Crippen LogP contribution in [0.25, 0.3) is 0 Å². The van der Waals surface area contributed by atoms with E-state index in [1.807, 2.05) is 18.2 Å². The number of aryl methyl sites for hydroxylation is 1. The lowest BCUT2D eigenvalue weighted by Gasteiger charge is -2.19. The summed E-state index contributed by atoms with van der Waals surface area (Å²) < 4.78 is 18.8. The lowest BCUT2D eigenvalue weighted by Crippen LogP contribution is -2.24. The summed E-state index contributed by atoms with van der Waals surface area (Å²) in [6.07, 6.45) is 2.19. The zero-order valence-electron chi connectivity index (χ0n) is 14.0. The second kappa shape index (κ2) is 9.53. The molecule has 0 aliphatic carbocycles. The first-order valence-corrected chi connectivity index (χ1v) is 7.67. The zero-order chi connectivity index (χ0) is 15.9.